The first kappa shape index (κ1) is 24.3. The Morgan fingerprint density at radius 2 is 1.89 bits per heavy atom. The Morgan fingerprint density at radius 1 is 1.14 bits per heavy atom. The number of methoxy groups -OCH3 is 1. The molecule has 4 rings (SSSR count). The van der Waals surface area contributed by atoms with Gasteiger partial charge in [-0.25, -0.2) is 4.79 Å². The fourth-order valence-electron chi connectivity index (χ4n) is 3.72. The summed E-state index contributed by atoms with van der Waals surface area (Å²) in [4.78, 5) is 53.0. The zero-order valence-electron chi connectivity index (χ0n) is 19.6. The largest absolute Gasteiger partial charge is 0.497 e. The van der Waals surface area contributed by atoms with Crippen molar-refractivity contribution in [3.8, 4) is 5.75 Å². The maximum Gasteiger partial charge on any atom is 0.330 e. The molecule has 186 valence electrons. The smallest absolute Gasteiger partial charge is 0.330 e. The molecule has 0 aliphatic carbocycles. The number of likely N-dealkylation sites (N-methyl/N-ethyl adjacent to an activating group) is 1. The summed E-state index contributed by atoms with van der Waals surface area (Å²) in [6.07, 6.45) is 1.32. The van der Waals surface area contributed by atoms with Crippen LogP contribution in [0, 0.1) is 0 Å². The molecular weight excluding hydrogens is 468 g/mol. The molecule has 0 saturated heterocycles. The number of benzene rings is 2. The van der Waals surface area contributed by atoms with Crippen molar-refractivity contribution in [2.75, 3.05) is 31.4 Å². The number of nitrogen functional groups attached to an aromatic ring is 1. The first-order valence-electron chi connectivity index (χ1n) is 10.9. The van der Waals surface area contributed by atoms with Crippen LogP contribution in [0.2, 0.25) is 0 Å². The number of fused-ring (bicyclic) bond motifs is 1. The second-order valence-corrected chi connectivity index (χ2v) is 7.98. The number of nitrogens with two attached hydrogens (primary N) is 1. The standard InChI is InChI=1S/C25H24N4O7/c1-28(22-23(26)29(25(33)27-24(22)32)12-15-6-4-3-5-7-15)20(30)14-36-21(31)10-16-13-35-19-11-17(34-2)8-9-18(16)19/h3-9,11,13H,10,12,14,26H2,1-2H3,(H,27,32,33). The molecule has 0 spiro atoms. The predicted molar refractivity (Wildman–Crippen MR) is 132 cm³/mol. The average molecular weight is 492 g/mol. The molecule has 0 saturated carbocycles. The van der Waals surface area contributed by atoms with Crippen LogP contribution in [0.15, 0.2) is 68.8 Å². The van der Waals surface area contributed by atoms with Crippen LogP contribution < -0.4 is 26.6 Å². The molecule has 2 aromatic carbocycles. The summed E-state index contributed by atoms with van der Waals surface area (Å²) in [5, 5.41) is 0.719. The number of hydrogen-bond acceptors (Lipinski definition) is 8. The number of hydrogen-bond donors (Lipinski definition) is 2. The van der Waals surface area contributed by atoms with Gasteiger partial charge in [-0.3, -0.25) is 23.9 Å². The van der Waals surface area contributed by atoms with Crippen LogP contribution in [0.1, 0.15) is 11.1 Å². The summed E-state index contributed by atoms with van der Waals surface area (Å²) in [6.45, 7) is -0.535. The maximum atomic E-state index is 12.7. The van der Waals surface area contributed by atoms with Crippen molar-refractivity contribution in [2.45, 2.75) is 13.0 Å². The predicted octanol–water partition coefficient (Wildman–Crippen LogP) is 1.67. The van der Waals surface area contributed by atoms with Gasteiger partial charge in [0.05, 0.1) is 26.3 Å². The molecule has 2 heterocycles. The van der Waals surface area contributed by atoms with E-state index < -0.39 is 29.7 Å². The normalized spacial score (nSPS) is 10.8. The van der Waals surface area contributed by atoms with Crippen LogP contribution in [0.5, 0.6) is 5.75 Å². The lowest BCUT2D eigenvalue weighted by atomic mass is 10.1. The summed E-state index contributed by atoms with van der Waals surface area (Å²) in [5.74, 6) is -0.933. The second kappa shape index (κ2) is 10.2. The fourth-order valence-corrected chi connectivity index (χ4v) is 3.72. The quantitative estimate of drug-likeness (QED) is 0.353. The number of amides is 1. The van der Waals surface area contributed by atoms with Crippen molar-refractivity contribution in [1.82, 2.24) is 9.55 Å². The molecular formula is C25H24N4O7. The molecule has 0 fully saturated rings. The van der Waals surface area contributed by atoms with Crippen LogP contribution in [-0.2, 0) is 27.3 Å². The van der Waals surface area contributed by atoms with E-state index in [0.717, 1.165) is 20.4 Å². The van der Waals surface area contributed by atoms with E-state index in [1.807, 2.05) is 6.07 Å². The van der Waals surface area contributed by atoms with E-state index in [1.165, 1.54) is 20.4 Å². The highest BCUT2D eigenvalue weighted by atomic mass is 16.5. The summed E-state index contributed by atoms with van der Waals surface area (Å²) in [6, 6.07) is 14.2. The van der Waals surface area contributed by atoms with E-state index in [4.69, 9.17) is 19.6 Å². The number of ether oxygens (including phenoxy) is 2. The fraction of sp³-hybridized carbons (Fsp3) is 0.200. The first-order valence-corrected chi connectivity index (χ1v) is 10.9. The topological polar surface area (TPSA) is 150 Å². The summed E-state index contributed by atoms with van der Waals surface area (Å²) in [5.41, 5.74) is 6.27. The number of anilines is 2. The Morgan fingerprint density at radius 3 is 2.61 bits per heavy atom. The van der Waals surface area contributed by atoms with Crippen molar-refractivity contribution < 1.29 is 23.5 Å². The number of nitrogens with one attached hydrogen (secondary N) is 1. The van der Waals surface area contributed by atoms with Crippen LogP contribution in [-0.4, -0.2) is 42.2 Å². The molecule has 0 aliphatic rings. The van der Waals surface area contributed by atoms with Gasteiger partial charge in [0.15, 0.2) is 12.3 Å². The minimum Gasteiger partial charge on any atom is -0.497 e. The molecule has 0 radical (unpaired) electrons. The zero-order chi connectivity index (χ0) is 25.8. The van der Waals surface area contributed by atoms with Gasteiger partial charge >= 0.3 is 11.7 Å². The third-order valence-corrected chi connectivity index (χ3v) is 5.66. The minimum atomic E-state index is -0.829. The molecule has 3 N–H and O–H groups in total. The number of carbonyl (C=O) groups excluding carboxylic acids is 2. The van der Waals surface area contributed by atoms with Crippen molar-refractivity contribution in [3.63, 3.8) is 0 Å². The summed E-state index contributed by atoms with van der Waals surface area (Å²) in [7, 11) is 2.85. The monoisotopic (exact) mass is 492 g/mol. The number of furan rings is 1. The molecule has 1 amide bonds. The van der Waals surface area contributed by atoms with Crippen LogP contribution in [0.3, 0.4) is 0 Å². The summed E-state index contributed by atoms with van der Waals surface area (Å²) >= 11 is 0. The Kier molecular flexibility index (Phi) is 6.91. The van der Waals surface area contributed by atoms with Gasteiger partial charge in [0.2, 0.25) is 0 Å². The molecule has 11 heteroatoms. The maximum absolute atomic E-state index is 12.7. The average Bonchev–Trinajstić information content (AvgIpc) is 3.27. The van der Waals surface area contributed by atoms with Crippen LogP contribution in [0.4, 0.5) is 11.5 Å². The van der Waals surface area contributed by atoms with Gasteiger partial charge in [-0.05, 0) is 17.7 Å². The lowest BCUT2D eigenvalue weighted by molar-refractivity contribution is -0.147. The van der Waals surface area contributed by atoms with E-state index >= 15 is 0 Å². The molecule has 11 nitrogen and oxygen atoms in total. The minimum absolute atomic E-state index is 0.0941. The third kappa shape index (κ3) is 4.99. The lowest BCUT2D eigenvalue weighted by Gasteiger charge is -2.20. The molecule has 0 bridgehead atoms. The number of rotatable bonds is 8. The number of H-pyrrole nitrogens is 1. The highest BCUT2D eigenvalue weighted by molar-refractivity contribution is 5.97. The van der Waals surface area contributed by atoms with Crippen molar-refractivity contribution in [3.05, 3.63) is 86.8 Å². The number of carbonyl (C=O) groups is 2. The molecule has 4 aromatic rings. The SMILES string of the molecule is COc1ccc2c(CC(=O)OCC(=O)N(C)c3c(N)n(Cc4ccccc4)c(=O)[nH]c3=O)coc2c1. The zero-order valence-corrected chi connectivity index (χ0v) is 19.6. The Hall–Kier alpha value is -4.80. The van der Waals surface area contributed by atoms with E-state index in [1.54, 1.807) is 42.5 Å². The molecule has 0 aliphatic heterocycles. The second-order valence-electron chi connectivity index (χ2n) is 7.98. The molecule has 0 atom stereocenters. The molecule has 36 heavy (non-hydrogen) atoms. The van der Waals surface area contributed by atoms with Gasteiger partial charge in [0.25, 0.3) is 11.5 Å². The van der Waals surface area contributed by atoms with Gasteiger partial charge in [0.1, 0.15) is 17.2 Å². The van der Waals surface area contributed by atoms with E-state index in [0.29, 0.717) is 16.9 Å². The number of aromatic nitrogens is 2. The van der Waals surface area contributed by atoms with Gasteiger partial charge in [-0.2, -0.15) is 0 Å². The van der Waals surface area contributed by atoms with Gasteiger partial charge in [-0.15, -0.1) is 0 Å². The van der Waals surface area contributed by atoms with Crippen molar-refractivity contribution in [1.29, 1.82) is 0 Å². The van der Waals surface area contributed by atoms with E-state index in [9.17, 15) is 19.2 Å². The number of esters is 1. The molecule has 0 unspecified atom stereocenters. The van der Waals surface area contributed by atoms with E-state index in [2.05, 4.69) is 4.98 Å². The van der Waals surface area contributed by atoms with Gasteiger partial charge in [-0.1, -0.05) is 30.3 Å². The Bertz CT molecular complexity index is 1540. The van der Waals surface area contributed by atoms with Crippen molar-refractivity contribution >= 4 is 34.4 Å². The van der Waals surface area contributed by atoms with Crippen molar-refractivity contribution in [2.24, 2.45) is 0 Å². The first-order chi connectivity index (χ1) is 17.3. The lowest BCUT2D eigenvalue weighted by Crippen LogP contribution is -2.40. The van der Waals surface area contributed by atoms with Gasteiger partial charge < -0.3 is 24.5 Å². The molecule has 2 aromatic heterocycles. The number of aromatic amines is 1. The third-order valence-electron chi connectivity index (χ3n) is 5.66. The Balaban J connectivity index is 1.45. The number of nitrogens with zero attached hydrogens (tertiary/aromatic N) is 2. The van der Waals surface area contributed by atoms with Crippen LogP contribution in [0.25, 0.3) is 11.0 Å². The highest BCUT2D eigenvalue weighted by Crippen LogP contribution is 2.26. The van der Waals surface area contributed by atoms with E-state index in [-0.39, 0.29) is 24.5 Å². The Labute approximate surface area is 204 Å². The highest BCUT2D eigenvalue weighted by Gasteiger charge is 2.22. The summed E-state index contributed by atoms with van der Waals surface area (Å²) < 4.78 is 16.9. The van der Waals surface area contributed by atoms with Gasteiger partial charge in [0, 0.05) is 24.1 Å². The van der Waals surface area contributed by atoms with Crippen LogP contribution >= 0.6 is 0 Å².